The van der Waals surface area contributed by atoms with Crippen LogP contribution in [0.15, 0.2) is 0 Å². The lowest BCUT2D eigenvalue weighted by Gasteiger charge is -2.47. The predicted molar refractivity (Wildman–Crippen MR) is 92.5 cm³/mol. The minimum Gasteiger partial charge on any atom is -0.394 e. The Bertz CT molecular complexity index is 589. The molecule has 29 heavy (non-hydrogen) atoms. The molecule has 1 heterocycles. The minimum atomic E-state index is -4.37. The molecule has 2 rings (SSSR count). The molecule has 0 aromatic rings. The molecule has 2 fully saturated rings. The average Bonchev–Trinajstić information content (AvgIpc) is 2.66. The third kappa shape index (κ3) is 4.99. The molecule has 7 unspecified atom stereocenters. The van der Waals surface area contributed by atoms with E-state index >= 15 is 0 Å². The summed E-state index contributed by atoms with van der Waals surface area (Å²) in [5.74, 6) is 0. The van der Waals surface area contributed by atoms with E-state index in [1.807, 2.05) is 0 Å². The summed E-state index contributed by atoms with van der Waals surface area (Å²) in [6, 6.07) is 0. The number of hydrogen-bond acceptors (Lipinski definition) is 12. The van der Waals surface area contributed by atoms with Gasteiger partial charge < -0.3 is 55.2 Å². The molecule has 0 aromatic carbocycles. The van der Waals surface area contributed by atoms with Crippen LogP contribution in [0.2, 0.25) is 0 Å². The second kappa shape index (κ2) is 9.49. The number of hydrogen-bond donors (Lipinski definition) is 9. The fourth-order valence-corrected chi connectivity index (χ4v) is 3.93. The van der Waals surface area contributed by atoms with Gasteiger partial charge >= 0.3 is 7.60 Å². The molecule has 0 aromatic heterocycles. The molecule has 13 nitrogen and oxygen atoms in total. The fourth-order valence-electron chi connectivity index (χ4n) is 3.09. The van der Waals surface area contributed by atoms with Gasteiger partial charge in [-0.05, 0) is 0 Å². The van der Waals surface area contributed by atoms with E-state index in [9.17, 15) is 50.3 Å². The van der Waals surface area contributed by atoms with Crippen molar-refractivity contribution < 1.29 is 64.3 Å². The SMILES string of the molecule is CC(C)P(=O)(O)O[C@H]1C(O)C(O)C(O)[C@@H](O)C1O[C@H]1O[C@H](CO)[C@@H](O)C(O)C1O. The molecule has 1 aliphatic heterocycles. The van der Waals surface area contributed by atoms with Crippen LogP contribution in [0.1, 0.15) is 13.8 Å². The highest BCUT2D eigenvalue weighted by Gasteiger charge is 2.55. The summed E-state index contributed by atoms with van der Waals surface area (Å²) in [6.45, 7) is 1.94. The van der Waals surface area contributed by atoms with E-state index in [-0.39, 0.29) is 0 Å². The summed E-state index contributed by atoms with van der Waals surface area (Å²) in [5, 5.41) is 79.4. The standard InChI is InChI=1S/C15H29O13P/c1-4(2)29(24,25)28-14-11(22)9(20)8(19)10(21)13(14)27-15-12(23)7(18)6(17)5(3-16)26-15/h4-23H,3H2,1-2H3,(H,24,25)/t5-,6-,7?,8?,9?,10-,11?,12?,13?,14+,15-/m1/s1. The second-order valence-corrected chi connectivity index (χ2v) is 9.86. The van der Waals surface area contributed by atoms with Crippen LogP contribution in [-0.4, -0.2) is 125 Å². The first kappa shape index (κ1) is 25.0. The van der Waals surface area contributed by atoms with Gasteiger partial charge in [0.05, 0.1) is 12.3 Å². The van der Waals surface area contributed by atoms with E-state index in [1.165, 1.54) is 13.8 Å². The smallest absolute Gasteiger partial charge is 0.331 e. The van der Waals surface area contributed by atoms with Gasteiger partial charge in [-0.25, -0.2) is 0 Å². The summed E-state index contributed by atoms with van der Waals surface area (Å²) in [4.78, 5) is 9.99. The molecule has 1 saturated carbocycles. The largest absolute Gasteiger partial charge is 0.394 e. The van der Waals surface area contributed by atoms with Gasteiger partial charge in [-0.1, -0.05) is 13.8 Å². The lowest BCUT2D eigenvalue weighted by molar-refractivity contribution is -0.337. The fraction of sp³-hybridized carbons (Fsp3) is 1.00. The van der Waals surface area contributed by atoms with Crippen LogP contribution in [0.25, 0.3) is 0 Å². The van der Waals surface area contributed by atoms with Gasteiger partial charge in [0.25, 0.3) is 0 Å². The monoisotopic (exact) mass is 448 g/mol. The molecular weight excluding hydrogens is 419 g/mol. The first-order valence-corrected chi connectivity index (χ1v) is 10.7. The van der Waals surface area contributed by atoms with Gasteiger partial charge in [0.2, 0.25) is 0 Å². The molecule has 172 valence electrons. The van der Waals surface area contributed by atoms with E-state index in [1.54, 1.807) is 0 Å². The van der Waals surface area contributed by atoms with Crippen LogP contribution >= 0.6 is 7.60 Å². The highest BCUT2D eigenvalue weighted by molar-refractivity contribution is 7.53. The maximum Gasteiger partial charge on any atom is 0.331 e. The Hall–Kier alpha value is -0.250. The van der Waals surface area contributed by atoms with Crippen molar-refractivity contribution in [2.24, 2.45) is 0 Å². The molecular formula is C15H29O13P. The Balaban J connectivity index is 2.30. The Kier molecular flexibility index (Phi) is 8.18. The van der Waals surface area contributed by atoms with E-state index in [2.05, 4.69) is 0 Å². The third-order valence-electron chi connectivity index (χ3n) is 5.11. The van der Waals surface area contributed by atoms with E-state index < -0.39 is 87.2 Å². The van der Waals surface area contributed by atoms with Gasteiger partial charge in [0.1, 0.15) is 61.0 Å². The van der Waals surface area contributed by atoms with Crippen molar-refractivity contribution in [3.05, 3.63) is 0 Å². The molecule has 1 aliphatic carbocycles. The number of aliphatic hydroxyl groups is 8. The second-order valence-electron chi connectivity index (χ2n) is 7.49. The van der Waals surface area contributed by atoms with Gasteiger partial charge in [-0.15, -0.1) is 0 Å². The average molecular weight is 448 g/mol. The van der Waals surface area contributed by atoms with Crippen LogP contribution < -0.4 is 0 Å². The quantitative estimate of drug-likeness (QED) is 0.175. The van der Waals surface area contributed by atoms with Crippen LogP contribution in [0, 0.1) is 0 Å². The van der Waals surface area contributed by atoms with Crippen LogP contribution in [0.5, 0.6) is 0 Å². The van der Waals surface area contributed by atoms with Gasteiger partial charge in [0, 0.05) is 0 Å². The highest BCUT2D eigenvalue weighted by Crippen LogP contribution is 2.50. The van der Waals surface area contributed by atoms with Crippen LogP contribution in [0.3, 0.4) is 0 Å². The number of rotatable bonds is 6. The van der Waals surface area contributed by atoms with Crippen molar-refractivity contribution in [2.45, 2.75) is 86.8 Å². The first-order chi connectivity index (χ1) is 13.3. The first-order valence-electron chi connectivity index (χ1n) is 9.02. The third-order valence-corrected chi connectivity index (χ3v) is 6.96. The predicted octanol–water partition coefficient (Wildman–Crippen LogP) is -4.39. The van der Waals surface area contributed by atoms with Crippen molar-refractivity contribution in [3.63, 3.8) is 0 Å². The van der Waals surface area contributed by atoms with Crippen molar-refractivity contribution in [3.8, 4) is 0 Å². The lowest BCUT2D eigenvalue weighted by Crippen LogP contribution is -2.67. The van der Waals surface area contributed by atoms with Gasteiger partial charge in [-0.3, -0.25) is 9.09 Å². The molecule has 0 radical (unpaired) electrons. The summed E-state index contributed by atoms with van der Waals surface area (Å²) in [5.41, 5.74) is -0.927. The Labute approximate surface area is 166 Å². The minimum absolute atomic E-state index is 0.763. The topological polar surface area (TPSA) is 227 Å². The van der Waals surface area contributed by atoms with Crippen LogP contribution in [0.4, 0.5) is 0 Å². The molecule has 9 N–H and O–H groups in total. The Morgan fingerprint density at radius 2 is 1.31 bits per heavy atom. The van der Waals surface area contributed by atoms with Crippen molar-refractivity contribution >= 4 is 7.60 Å². The van der Waals surface area contributed by atoms with Crippen molar-refractivity contribution in [1.82, 2.24) is 0 Å². The maximum atomic E-state index is 12.3. The zero-order chi connectivity index (χ0) is 22.3. The number of ether oxygens (including phenoxy) is 2. The van der Waals surface area contributed by atoms with Crippen molar-refractivity contribution in [2.75, 3.05) is 6.61 Å². The number of aliphatic hydroxyl groups excluding tert-OH is 8. The molecule has 0 amide bonds. The molecule has 2 aliphatic rings. The van der Waals surface area contributed by atoms with Crippen LogP contribution in [-0.2, 0) is 18.6 Å². The molecule has 0 bridgehead atoms. The highest BCUT2D eigenvalue weighted by atomic mass is 31.2. The molecule has 1 saturated heterocycles. The van der Waals surface area contributed by atoms with E-state index in [0.29, 0.717) is 0 Å². The zero-order valence-electron chi connectivity index (χ0n) is 15.7. The Morgan fingerprint density at radius 1 is 0.828 bits per heavy atom. The Morgan fingerprint density at radius 3 is 1.79 bits per heavy atom. The van der Waals surface area contributed by atoms with E-state index in [0.717, 1.165) is 0 Å². The van der Waals surface area contributed by atoms with Crippen molar-refractivity contribution in [1.29, 1.82) is 0 Å². The van der Waals surface area contributed by atoms with Gasteiger partial charge in [0.15, 0.2) is 6.29 Å². The molecule has 12 atom stereocenters. The summed E-state index contributed by atoms with van der Waals surface area (Å²) < 4.78 is 27.8. The molecule has 0 spiro atoms. The summed E-state index contributed by atoms with van der Waals surface area (Å²) >= 11 is 0. The lowest BCUT2D eigenvalue weighted by atomic mass is 9.84. The van der Waals surface area contributed by atoms with E-state index in [4.69, 9.17) is 14.0 Å². The zero-order valence-corrected chi connectivity index (χ0v) is 16.6. The normalized spacial score (nSPS) is 48.5. The van der Waals surface area contributed by atoms with Gasteiger partial charge in [-0.2, -0.15) is 0 Å². The summed E-state index contributed by atoms with van der Waals surface area (Å²) in [7, 11) is -4.37. The maximum absolute atomic E-state index is 12.3. The summed E-state index contributed by atoms with van der Waals surface area (Å²) in [6.07, 6.45) is -20.0. The molecule has 14 heteroatoms.